The molecule has 30 heavy (non-hydrogen) atoms. The van der Waals surface area contributed by atoms with Gasteiger partial charge in [0, 0.05) is 36.1 Å². The number of carbonyl (C=O) groups is 1. The molecule has 0 spiro atoms. The van der Waals surface area contributed by atoms with Crippen molar-refractivity contribution in [1.29, 1.82) is 0 Å². The lowest BCUT2D eigenvalue weighted by Crippen LogP contribution is -2.41. The van der Waals surface area contributed by atoms with Gasteiger partial charge < -0.3 is 9.64 Å². The van der Waals surface area contributed by atoms with Crippen LogP contribution in [0.4, 0.5) is 4.79 Å². The van der Waals surface area contributed by atoms with Crippen LogP contribution in [0, 0.1) is 0 Å². The number of piperidine rings is 1. The van der Waals surface area contributed by atoms with Gasteiger partial charge in [-0.2, -0.15) is 5.10 Å². The van der Waals surface area contributed by atoms with Gasteiger partial charge in [-0.3, -0.25) is 4.68 Å². The standard InChI is InChI=1S/C23H28N4O2S/c1-23(2,3)29-22(28)26-11-9-18(10-12-26)20-16-30-21(25-20)19-13-24-27(15-19)14-17-7-5-4-6-8-17/h4-8,13,15-16,18H,9-12,14H2,1-3H3. The van der Waals surface area contributed by atoms with Crippen molar-refractivity contribution in [2.75, 3.05) is 13.1 Å². The van der Waals surface area contributed by atoms with E-state index in [1.165, 1.54) is 5.56 Å². The molecular formula is C23H28N4O2S. The fraction of sp³-hybridized carbons (Fsp3) is 0.435. The van der Waals surface area contributed by atoms with Crippen LogP contribution in [0.25, 0.3) is 10.6 Å². The Hall–Kier alpha value is -2.67. The second-order valence-corrected chi connectivity index (χ2v) is 9.59. The molecule has 0 saturated carbocycles. The average molecular weight is 425 g/mol. The van der Waals surface area contributed by atoms with Gasteiger partial charge >= 0.3 is 6.09 Å². The lowest BCUT2D eigenvalue weighted by atomic mass is 9.94. The molecule has 1 aromatic carbocycles. The fourth-order valence-corrected chi connectivity index (χ4v) is 4.50. The SMILES string of the molecule is CC(C)(C)OC(=O)N1CCC(c2csc(-c3cnn(Cc4ccccc4)c3)n2)CC1. The second kappa shape index (κ2) is 8.60. The van der Waals surface area contributed by atoms with Crippen molar-refractivity contribution in [2.24, 2.45) is 0 Å². The van der Waals surface area contributed by atoms with Gasteiger partial charge in [-0.05, 0) is 39.2 Å². The molecule has 4 rings (SSSR count). The third-order valence-electron chi connectivity index (χ3n) is 5.15. The number of hydrogen-bond acceptors (Lipinski definition) is 5. The van der Waals surface area contributed by atoms with Crippen molar-refractivity contribution in [1.82, 2.24) is 19.7 Å². The smallest absolute Gasteiger partial charge is 0.410 e. The molecule has 158 valence electrons. The monoisotopic (exact) mass is 424 g/mol. The molecule has 0 unspecified atom stereocenters. The predicted octanol–water partition coefficient (Wildman–Crippen LogP) is 5.17. The molecule has 0 bridgehead atoms. The van der Waals surface area contributed by atoms with Crippen molar-refractivity contribution >= 4 is 17.4 Å². The summed E-state index contributed by atoms with van der Waals surface area (Å²) in [6.45, 7) is 7.87. The van der Waals surface area contributed by atoms with Crippen LogP contribution < -0.4 is 0 Å². The van der Waals surface area contributed by atoms with Crippen LogP contribution in [0.1, 0.15) is 50.8 Å². The van der Waals surface area contributed by atoms with E-state index in [1.807, 2.05) is 54.7 Å². The summed E-state index contributed by atoms with van der Waals surface area (Å²) in [5, 5.41) is 7.64. The molecule has 1 amide bonds. The molecule has 1 aliphatic rings. The predicted molar refractivity (Wildman–Crippen MR) is 119 cm³/mol. The summed E-state index contributed by atoms with van der Waals surface area (Å²) < 4.78 is 7.44. The maximum Gasteiger partial charge on any atom is 0.410 e. The van der Waals surface area contributed by atoms with E-state index in [0.29, 0.717) is 19.0 Å². The molecular weight excluding hydrogens is 396 g/mol. The number of thiazole rings is 1. The van der Waals surface area contributed by atoms with E-state index in [0.717, 1.165) is 35.7 Å². The zero-order valence-electron chi connectivity index (χ0n) is 17.7. The lowest BCUT2D eigenvalue weighted by Gasteiger charge is -2.32. The van der Waals surface area contributed by atoms with Crippen molar-refractivity contribution in [2.45, 2.75) is 51.7 Å². The summed E-state index contributed by atoms with van der Waals surface area (Å²) in [4.78, 5) is 19.0. The maximum absolute atomic E-state index is 12.3. The molecule has 0 radical (unpaired) electrons. The van der Waals surface area contributed by atoms with E-state index in [-0.39, 0.29) is 6.09 Å². The van der Waals surface area contributed by atoms with E-state index < -0.39 is 5.60 Å². The molecule has 1 fully saturated rings. The highest BCUT2D eigenvalue weighted by atomic mass is 32.1. The molecule has 0 atom stereocenters. The molecule has 3 aromatic rings. The molecule has 3 heterocycles. The van der Waals surface area contributed by atoms with Crippen LogP contribution in [-0.4, -0.2) is 44.4 Å². The minimum Gasteiger partial charge on any atom is -0.444 e. The van der Waals surface area contributed by atoms with Crippen molar-refractivity contribution in [3.8, 4) is 10.6 Å². The van der Waals surface area contributed by atoms with E-state index >= 15 is 0 Å². The largest absolute Gasteiger partial charge is 0.444 e. The summed E-state index contributed by atoms with van der Waals surface area (Å²) in [6.07, 6.45) is 5.55. The highest BCUT2D eigenvalue weighted by Crippen LogP contribution is 2.32. The quantitative estimate of drug-likeness (QED) is 0.580. The number of ether oxygens (including phenoxy) is 1. The molecule has 7 heteroatoms. The number of rotatable bonds is 4. The summed E-state index contributed by atoms with van der Waals surface area (Å²) >= 11 is 1.66. The van der Waals surface area contributed by atoms with Gasteiger partial charge in [0.15, 0.2) is 0 Å². The number of aromatic nitrogens is 3. The first-order valence-corrected chi connectivity index (χ1v) is 11.3. The number of amides is 1. The number of hydrogen-bond donors (Lipinski definition) is 0. The summed E-state index contributed by atoms with van der Waals surface area (Å²) in [7, 11) is 0. The Balaban J connectivity index is 1.35. The minimum absolute atomic E-state index is 0.217. The first kappa shape index (κ1) is 20.6. The van der Waals surface area contributed by atoms with E-state index in [4.69, 9.17) is 9.72 Å². The van der Waals surface area contributed by atoms with Crippen molar-refractivity contribution in [3.63, 3.8) is 0 Å². The molecule has 2 aromatic heterocycles. The van der Waals surface area contributed by atoms with Crippen molar-refractivity contribution < 1.29 is 9.53 Å². The minimum atomic E-state index is -0.456. The van der Waals surface area contributed by atoms with Gasteiger partial charge in [-0.25, -0.2) is 9.78 Å². The fourth-order valence-electron chi connectivity index (χ4n) is 3.62. The molecule has 1 aliphatic heterocycles. The normalized spacial score (nSPS) is 15.4. The number of carbonyl (C=O) groups excluding carboxylic acids is 1. The van der Waals surface area contributed by atoms with Crippen molar-refractivity contribution in [3.05, 3.63) is 59.4 Å². The second-order valence-electron chi connectivity index (χ2n) is 8.73. The average Bonchev–Trinajstić information content (AvgIpc) is 3.37. The van der Waals surface area contributed by atoms with Gasteiger partial charge in [0.25, 0.3) is 0 Å². The van der Waals surface area contributed by atoms with Gasteiger partial charge in [0.1, 0.15) is 10.6 Å². The number of benzene rings is 1. The summed E-state index contributed by atoms with van der Waals surface area (Å²) in [6, 6.07) is 10.3. The van der Waals surface area contributed by atoms with E-state index in [1.54, 1.807) is 11.3 Å². The number of likely N-dealkylation sites (tertiary alicyclic amines) is 1. The molecule has 0 aliphatic carbocycles. The van der Waals surface area contributed by atoms with Crippen LogP contribution in [-0.2, 0) is 11.3 Å². The first-order valence-electron chi connectivity index (χ1n) is 10.4. The first-order chi connectivity index (χ1) is 14.4. The van der Waals surface area contributed by atoms with Gasteiger partial charge in [0.2, 0.25) is 0 Å². The zero-order valence-corrected chi connectivity index (χ0v) is 18.6. The highest BCUT2D eigenvalue weighted by molar-refractivity contribution is 7.13. The van der Waals surface area contributed by atoms with E-state index in [2.05, 4.69) is 28.8 Å². The Labute approximate surface area is 181 Å². The van der Waals surface area contributed by atoms with Gasteiger partial charge in [0.05, 0.1) is 18.4 Å². The molecule has 1 saturated heterocycles. The maximum atomic E-state index is 12.3. The van der Waals surface area contributed by atoms with Gasteiger partial charge in [-0.1, -0.05) is 30.3 Å². The Bertz CT molecular complexity index is 982. The number of nitrogens with zero attached hydrogens (tertiary/aromatic N) is 4. The van der Waals surface area contributed by atoms with Gasteiger partial charge in [-0.15, -0.1) is 11.3 Å². The van der Waals surface area contributed by atoms with Crippen LogP contribution in [0.3, 0.4) is 0 Å². The Morgan fingerprint density at radius 1 is 1.20 bits per heavy atom. The third kappa shape index (κ3) is 5.08. The summed E-state index contributed by atoms with van der Waals surface area (Å²) in [5.41, 5.74) is 2.94. The Kier molecular flexibility index (Phi) is 5.90. The van der Waals surface area contributed by atoms with Crippen LogP contribution in [0.15, 0.2) is 48.1 Å². The van der Waals surface area contributed by atoms with Crippen LogP contribution >= 0.6 is 11.3 Å². The Morgan fingerprint density at radius 3 is 2.63 bits per heavy atom. The Morgan fingerprint density at radius 2 is 1.93 bits per heavy atom. The van der Waals surface area contributed by atoms with Crippen LogP contribution in [0.5, 0.6) is 0 Å². The lowest BCUT2D eigenvalue weighted by molar-refractivity contribution is 0.0204. The third-order valence-corrected chi connectivity index (χ3v) is 6.06. The van der Waals surface area contributed by atoms with E-state index in [9.17, 15) is 4.79 Å². The summed E-state index contributed by atoms with van der Waals surface area (Å²) in [5.74, 6) is 0.382. The molecule has 6 nitrogen and oxygen atoms in total. The van der Waals surface area contributed by atoms with Crippen LogP contribution in [0.2, 0.25) is 0 Å². The highest BCUT2D eigenvalue weighted by Gasteiger charge is 2.28. The topological polar surface area (TPSA) is 60.2 Å². The molecule has 0 N–H and O–H groups in total. The zero-order chi connectivity index (χ0) is 21.1.